The summed E-state index contributed by atoms with van der Waals surface area (Å²) < 4.78 is 13.3. The number of hydrazine groups is 1. The molecule has 2 aromatic carbocycles. The van der Waals surface area contributed by atoms with Gasteiger partial charge in [-0.3, -0.25) is 24.2 Å². The van der Waals surface area contributed by atoms with Crippen LogP contribution in [-0.4, -0.2) is 52.8 Å². The van der Waals surface area contributed by atoms with Crippen LogP contribution in [0.25, 0.3) is 0 Å². The van der Waals surface area contributed by atoms with Crippen molar-refractivity contribution in [2.45, 2.75) is 45.3 Å². The predicted molar refractivity (Wildman–Crippen MR) is 119 cm³/mol. The van der Waals surface area contributed by atoms with Gasteiger partial charge in [0.25, 0.3) is 11.8 Å². The summed E-state index contributed by atoms with van der Waals surface area (Å²) in [5, 5.41) is 7.79. The summed E-state index contributed by atoms with van der Waals surface area (Å²) in [6, 6.07) is 9.92. The van der Waals surface area contributed by atoms with Crippen LogP contribution in [-0.2, 0) is 20.8 Å². The minimum absolute atomic E-state index is 0.0961. The number of carbonyl (C=O) groups is 4. The van der Waals surface area contributed by atoms with Crippen LogP contribution >= 0.6 is 0 Å². The third kappa shape index (κ3) is 5.19. The summed E-state index contributed by atoms with van der Waals surface area (Å²) in [5.41, 5.74) is 1.17. The Morgan fingerprint density at radius 3 is 2.42 bits per heavy atom. The summed E-state index contributed by atoms with van der Waals surface area (Å²) in [6.45, 7) is 5.07. The maximum atomic E-state index is 13.3. The number of benzene rings is 2. The van der Waals surface area contributed by atoms with Crippen LogP contribution in [0.5, 0.6) is 0 Å². The Morgan fingerprint density at radius 2 is 1.76 bits per heavy atom. The van der Waals surface area contributed by atoms with Crippen LogP contribution in [0.4, 0.5) is 4.39 Å². The standard InChI is InChI=1S/C24H27FN4O4/c1-14(2)29-23(32)19-11-6-5-10-18(19)21(24(33)28(29)4)27-22(31)15(3)26-20(30)13-16-8-7-9-17(25)12-16/h5-12,14-15,21H,13H2,1-4H3,(H,26,30)(H,27,31)/t15-,21?/m0/s1. The molecule has 33 heavy (non-hydrogen) atoms. The number of likely N-dealkylation sites (N-methyl/N-ethyl adjacent to an activating group) is 1. The third-order valence-electron chi connectivity index (χ3n) is 5.40. The molecule has 0 bridgehead atoms. The first kappa shape index (κ1) is 23.9. The van der Waals surface area contributed by atoms with E-state index in [0.29, 0.717) is 16.7 Å². The van der Waals surface area contributed by atoms with Crippen LogP contribution in [0.1, 0.15) is 48.3 Å². The summed E-state index contributed by atoms with van der Waals surface area (Å²) in [7, 11) is 1.48. The zero-order valence-corrected chi connectivity index (χ0v) is 19.0. The highest BCUT2D eigenvalue weighted by molar-refractivity contribution is 6.02. The van der Waals surface area contributed by atoms with Crippen molar-refractivity contribution in [1.82, 2.24) is 20.7 Å². The van der Waals surface area contributed by atoms with E-state index in [-0.39, 0.29) is 18.4 Å². The summed E-state index contributed by atoms with van der Waals surface area (Å²) in [6.07, 6.45) is -0.0961. The molecule has 3 rings (SSSR count). The first-order chi connectivity index (χ1) is 15.6. The Morgan fingerprint density at radius 1 is 1.06 bits per heavy atom. The van der Waals surface area contributed by atoms with E-state index >= 15 is 0 Å². The van der Waals surface area contributed by atoms with Crippen LogP contribution in [0.2, 0.25) is 0 Å². The van der Waals surface area contributed by atoms with Crippen molar-refractivity contribution in [2.75, 3.05) is 7.05 Å². The minimum atomic E-state index is -1.10. The Hall–Kier alpha value is -3.75. The maximum Gasteiger partial charge on any atom is 0.273 e. The first-order valence-electron chi connectivity index (χ1n) is 10.6. The smallest absolute Gasteiger partial charge is 0.273 e. The molecule has 2 N–H and O–H groups in total. The van der Waals surface area contributed by atoms with Crippen molar-refractivity contribution >= 4 is 23.6 Å². The number of fused-ring (bicyclic) bond motifs is 1. The van der Waals surface area contributed by atoms with Crippen molar-refractivity contribution in [3.8, 4) is 0 Å². The van der Waals surface area contributed by atoms with E-state index in [9.17, 15) is 23.6 Å². The molecule has 1 aliphatic heterocycles. The van der Waals surface area contributed by atoms with E-state index in [1.165, 1.54) is 42.2 Å². The molecule has 174 valence electrons. The van der Waals surface area contributed by atoms with E-state index in [4.69, 9.17) is 0 Å². The molecule has 9 heteroatoms. The lowest BCUT2D eigenvalue weighted by Gasteiger charge is -2.34. The molecular weight excluding hydrogens is 427 g/mol. The van der Waals surface area contributed by atoms with Gasteiger partial charge in [-0.1, -0.05) is 30.3 Å². The van der Waals surface area contributed by atoms with Gasteiger partial charge in [0.15, 0.2) is 0 Å². The number of hydrogen-bond donors (Lipinski definition) is 2. The molecule has 0 radical (unpaired) electrons. The molecule has 1 aliphatic rings. The van der Waals surface area contributed by atoms with Crippen molar-refractivity contribution in [2.24, 2.45) is 0 Å². The minimum Gasteiger partial charge on any atom is -0.344 e. The maximum absolute atomic E-state index is 13.3. The van der Waals surface area contributed by atoms with E-state index < -0.39 is 35.6 Å². The van der Waals surface area contributed by atoms with Gasteiger partial charge in [-0.05, 0) is 50.1 Å². The average molecular weight is 455 g/mol. The van der Waals surface area contributed by atoms with Gasteiger partial charge in [-0.25, -0.2) is 9.40 Å². The number of hydrogen-bond acceptors (Lipinski definition) is 4. The fraction of sp³-hybridized carbons (Fsp3) is 0.333. The SMILES string of the molecule is CC(C)N1C(=O)c2ccccc2C(NC(=O)[C@H](C)NC(=O)Cc2cccc(F)c2)C(=O)N1C. The van der Waals surface area contributed by atoms with E-state index in [1.54, 1.807) is 44.2 Å². The highest BCUT2D eigenvalue weighted by atomic mass is 19.1. The molecule has 1 heterocycles. The molecule has 0 aliphatic carbocycles. The zero-order valence-electron chi connectivity index (χ0n) is 19.0. The summed E-state index contributed by atoms with van der Waals surface area (Å²) >= 11 is 0. The number of amides is 4. The van der Waals surface area contributed by atoms with Gasteiger partial charge in [0.2, 0.25) is 11.8 Å². The van der Waals surface area contributed by atoms with Gasteiger partial charge in [0.1, 0.15) is 17.9 Å². The van der Waals surface area contributed by atoms with Gasteiger partial charge in [-0.2, -0.15) is 0 Å². The molecule has 1 unspecified atom stereocenters. The van der Waals surface area contributed by atoms with Gasteiger partial charge in [-0.15, -0.1) is 0 Å². The molecule has 0 spiro atoms. The second kappa shape index (κ2) is 9.81. The predicted octanol–water partition coefficient (Wildman–Crippen LogP) is 1.97. The van der Waals surface area contributed by atoms with Gasteiger partial charge < -0.3 is 10.6 Å². The Labute approximate surface area is 191 Å². The molecule has 0 fully saturated rings. The second-order valence-corrected chi connectivity index (χ2v) is 8.23. The largest absolute Gasteiger partial charge is 0.344 e. The lowest BCUT2D eigenvalue weighted by Crippen LogP contribution is -2.53. The fourth-order valence-electron chi connectivity index (χ4n) is 3.81. The molecule has 2 aromatic rings. The molecule has 0 saturated heterocycles. The molecule has 0 aromatic heterocycles. The third-order valence-corrected chi connectivity index (χ3v) is 5.40. The van der Waals surface area contributed by atoms with Crippen LogP contribution in [0, 0.1) is 5.82 Å². The summed E-state index contributed by atoms with van der Waals surface area (Å²) in [5.74, 6) is -2.33. The highest BCUT2D eigenvalue weighted by Crippen LogP contribution is 2.27. The van der Waals surface area contributed by atoms with Gasteiger partial charge in [0, 0.05) is 18.7 Å². The number of rotatable bonds is 6. The number of carbonyl (C=O) groups excluding carboxylic acids is 4. The zero-order chi connectivity index (χ0) is 24.3. The van der Waals surface area contributed by atoms with Crippen LogP contribution in [0.15, 0.2) is 48.5 Å². The first-order valence-corrected chi connectivity index (χ1v) is 10.6. The van der Waals surface area contributed by atoms with Gasteiger partial charge in [0.05, 0.1) is 6.42 Å². The Balaban J connectivity index is 1.77. The Kier molecular flexibility index (Phi) is 7.10. The van der Waals surface area contributed by atoms with Crippen molar-refractivity contribution < 1.29 is 23.6 Å². The number of nitrogens with one attached hydrogen (secondary N) is 2. The molecular formula is C24H27FN4O4. The van der Waals surface area contributed by atoms with E-state index in [2.05, 4.69) is 10.6 Å². The lowest BCUT2D eigenvalue weighted by molar-refractivity contribution is -0.147. The number of halogens is 1. The molecule has 0 saturated carbocycles. The average Bonchev–Trinajstić information content (AvgIpc) is 2.83. The topological polar surface area (TPSA) is 98.8 Å². The summed E-state index contributed by atoms with van der Waals surface area (Å²) in [4.78, 5) is 51.5. The fourth-order valence-corrected chi connectivity index (χ4v) is 3.81. The second-order valence-electron chi connectivity index (χ2n) is 8.23. The molecule has 4 amide bonds. The van der Waals surface area contributed by atoms with Crippen molar-refractivity contribution in [3.63, 3.8) is 0 Å². The lowest BCUT2D eigenvalue weighted by atomic mass is 9.99. The van der Waals surface area contributed by atoms with Crippen molar-refractivity contribution in [1.29, 1.82) is 0 Å². The highest BCUT2D eigenvalue weighted by Gasteiger charge is 2.39. The molecule has 2 atom stereocenters. The van der Waals surface area contributed by atoms with E-state index in [0.717, 1.165) is 0 Å². The Bertz CT molecular complexity index is 1090. The molecule has 8 nitrogen and oxygen atoms in total. The van der Waals surface area contributed by atoms with Crippen LogP contribution in [0.3, 0.4) is 0 Å². The normalized spacial score (nSPS) is 16.8. The quantitative estimate of drug-likeness (QED) is 0.697. The van der Waals surface area contributed by atoms with Gasteiger partial charge >= 0.3 is 0 Å². The van der Waals surface area contributed by atoms with Crippen LogP contribution < -0.4 is 10.6 Å². The van der Waals surface area contributed by atoms with Crippen molar-refractivity contribution in [3.05, 3.63) is 71.0 Å². The monoisotopic (exact) mass is 454 g/mol. The van der Waals surface area contributed by atoms with E-state index in [1.807, 2.05) is 0 Å². The number of nitrogens with zero attached hydrogens (tertiary/aromatic N) is 2.